The minimum Gasteiger partial charge on any atom is -0.357 e. The third-order valence-corrected chi connectivity index (χ3v) is 6.74. The molecule has 3 heterocycles. The quantitative estimate of drug-likeness (QED) is 0.564. The lowest BCUT2D eigenvalue weighted by atomic mass is 9.88. The average molecular weight is 406 g/mol. The van der Waals surface area contributed by atoms with Gasteiger partial charge in [0, 0.05) is 37.1 Å². The Kier molecular flexibility index (Phi) is 8.15. The van der Waals surface area contributed by atoms with Crippen LogP contribution in [0.5, 0.6) is 0 Å². The minimum atomic E-state index is 0.144. The molecular weight excluding hydrogens is 370 g/mol. The molecule has 7 heteroatoms. The van der Waals surface area contributed by atoms with Crippen molar-refractivity contribution in [2.75, 3.05) is 46.3 Å². The van der Waals surface area contributed by atoms with Crippen molar-refractivity contribution in [1.29, 1.82) is 0 Å². The lowest BCUT2D eigenvalue weighted by molar-refractivity contribution is -0.130. The van der Waals surface area contributed by atoms with Crippen LogP contribution in [-0.4, -0.2) is 68.0 Å². The molecule has 0 aliphatic carbocycles. The Balaban J connectivity index is 1.57. The van der Waals surface area contributed by atoms with E-state index in [9.17, 15) is 4.79 Å². The predicted molar refractivity (Wildman–Crippen MR) is 117 cm³/mol. The molecule has 156 valence electrons. The van der Waals surface area contributed by atoms with Gasteiger partial charge >= 0.3 is 0 Å². The molecule has 2 aliphatic rings. The average Bonchev–Trinajstić information content (AvgIpc) is 3.24. The number of rotatable bonds is 6. The maximum Gasteiger partial charge on any atom is 0.244 e. The number of hydrogen-bond donors (Lipinski definition) is 2. The first-order chi connectivity index (χ1) is 13.7. The molecule has 2 atom stereocenters. The Morgan fingerprint density at radius 1 is 1.21 bits per heavy atom. The molecule has 0 spiro atoms. The summed E-state index contributed by atoms with van der Waals surface area (Å²) in [7, 11) is 2.23. The van der Waals surface area contributed by atoms with Gasteiger partial charge in [-0.15, -0.1) is 11.3 Å². The second-order valence-electron chi connectivity index (χ2n) is 7.86. The maximum atomic E-state index is 12.4. The van der Waals surface area contributed by atoms with E-state index in [4.69, 9.17) is 0 Å². The summed E-state index contributed by atoms with van der Waals surface area (Å²) in [4.78, 5) is 22.9. The topological polar surface area (TPSA) is 60.0 Å². The normalized spacial score (nSPS) is 24.2. The lowest BCUT2D eigenvalue weighted by Gasteiger charge is -2.39. The predicted octanol–water partition coefficient (Wildman–Crippen LogP) is 2.70. The van der Waals surface area contributed by atoms with Crippen LogP contribution in [0, 0.1) is 5.92 Å². The fraction of sp³-hybridized carbons (Fsp3) is 0.714. The molecule has 2 fully saturated rings. The maximum absolute atomic E-state index is 12.4. The van der Waals surface area contributed by atoms with Crippen molar-refractivity contribution in [1.82, 2.24) is 20.4 Å². The fourth-order valence-electron chi connectivity index (χ4n) is 4.34. The summed E-state index contributed by atoms with van der Waals surface area (Å²) in [6, 6.07) is 4.85. The molecule has 2 saturated heterocycles. The summed E-state index contributed by atoms with van der Waals surface area (Å²) in [5.74, 6) is 1.44. The number of nitrogens with one attached hydrogen (secondary N) is 2. The Morgan fingerprint density at radius 2 is 2.04 bits per heavy atom. The van der Waals surface area contributed by atoms with Gasteiger partial charge in [-0.25, -0.2) is 4.99 Å². The highest BCUT2D eigenvalue weighted by Crippen LogP contribution is 2.36. The highest BCUT2D eigenvalue weighted by molar-refractivity contribution is 7.10. The third kappa shape index (κ3) is 5.70. The van der Waals surface area contributed by atoms with Crippen molar-refractivity contribution in [2.45, 2.75) is 45.1 Å². The largest absolute Gasteiger partial charge is 0.357 e. The van der Waals surface area contributed by atoms with Crippen LogP contribution in [0.15, 0.2) is 22.5 Å². The van der Waals surface area contributed by atoms with Gasteiger partial charge in [0.05, 0.1) is 0 Å². The second kappa shape index (κ2) is 10.8. The Bertz CT molecular complexity index is 627. The van der Waals surface area contributed by atoms with Gasteiger partial charge in [-0.05, 0) is 70.0 Å². The lowest BCUT2D eigenvalue weighted by Crippen LogP contribution is -2.45. The first-order valence-corrected chi connectivity index (χ1v) is 11.6. The van der Waals surface area contributed by atoms with Gasteiger partial charge < -0.3 is 15.5 Å². The molecule has 0 aromatic carbocycles. The van der Waals surface area contributed by atoms with E-state index in [1.807, 2.05) is 16.2 Å². The van der Waals surface area contributed by atoms with Crippen LogP contribution in [-0.2, 0) is 4.79 Å². The van der Waals surface area contributed by atoms with Crippen molar-refractivity contribution in [3.8, 4) is 0 Å². The zero-order valence-corrected chi connectivity index (χ0v) is 18.1. The van der Waals surface area contributed by atoms with E-state index in [0.717, 1.165) is 51.5 Å². The van der Waals surface area contributed by atoms with E-state index in [-0.39, 0.29) is 12.5 Å². The van der Waals surface area contributed by atoms with Crippen molar-refractivity contribution in [3.05, 3.63) is 22.4 Å². The molecule has 6 nitrogen and oxygen atoms in total. The van der Waals surface area contributed by atoms with Crippen molar-refractivity contribution >= 4 is 23.2 Å². The van der Waals surface area contributed by atoms with Gasteiger partial charge in [-0.2, -0.15) is 0 Å². The number of piperidine rings is 2. The Hall–Kier alpha value is -1.60. The van der Waals surface area contributed by atoms with Crippen LogP contribution in [0.2, 0.25) is 0 Å². The van der Waals surface area contributed by atoms with Crippen LogP contribution in [0.25, 0.3) is 0 Å². The van der Waals surface area contributed by atoms with E-state index in [0.29, 0.717) is 12.0 Å². The number of amides is 1. The zero-order valence-electron chi connectivity index (χ0n) is 17.3. The molecule has 2 aliphatic heterocycles. The summed E-state index contributed by atoms with van der Waals surface area (Å²) in [6.45, 7) is 6.88. The van der Waals surface area contributed by atoms with Crippen LogP contribution in [0.1, 0.15) is 49.9 Å². The number of guanidine groups is 1. The summed E-state index contributed by atoms with van der Waals surface area (Å²) in [5, 5.41) is 8.97. The van der Waals surface area contributed by atoms with Gasteiger partial charge in [0.2, 0.25) is 5.91 Å². The standard InChI is InChI=1S/C21H35N5OS/c1-3-22-21(24-16-19(27)26-12-5-4-6-13-26)23-15-17-9-7-11-25(2)20(17)18-10-8-14-28-18/h8,10,14,17,20H,3-7,9,11-13,15-16H2,1-2H3,(H2,22,23,24). The molecule has 2 N–H and O–H groups in total. The van der Waals surface area contributed by atoms with Crippen molar-refractivity contribution in [3.63, 3.8) is 0 Å². The SMILES string of the molecule is CCNC(=NCC(=O)N1CCCCC1)NCC1CCCN(C)C1c1cccs1. The molecule has 2 unspecified atom stereocenters. The number of hydrogen-bond acceptors (Lipinski definition) is 4. The molecule has 1 aromatic rings. The molecule has 0 radical (unpaired) electrons. The Labute approximate surface area is 173 Å². The zero-order chi connectivity index (χ0) is 19.8. The fourth-order valence-corrected chi connectivity index (χ4v) is 5.33. The first kappa shape index (κ1) is 21.1. The number of carbonyl (C=O) groups is 1. The van der Waals surface area contributed by atoms with E-state index < -0.39 is 0 Å². The second-order valence-corrected chi connectivity index (χ2v) is 8.84. The van der Waals surface area contributed by atoms with E-state index in [1.165, 1.54) is 24.1 Å². The highest BCUT2D eigenvalue weighted by atomic mass is 32.1. The van der Waals surface area contributed by atoms with Crippen LogP contribution in [0.3, 0.4) is 0 Å². The van der Waals surface area contributed by atoms with Crippen molar-refractivity contribution < 1.29 is 4.79 Å². The number of carbonyl (C=O) groups excluding carboxylic acids is 1. The smallest absolute Gasteiger partial charge is 0.244 e. The van der Waals surface area contributed by atoms with Crippen LogP contribution < -0.4 is 10.6 Å². The molecule has 1 aromatic heterocycles. The van der Waals surface area contributed by atoms with Gasteiger partial charge in [-0.1, -0.05) is 6.07 Å². The molecule has 28 heavy (non-hydrogen) atoms. The van der Waals surface area contributed by atoms with E-state index >= 15 is 0 Å². The summed E-state index contributed by atoms with van der Waals surface area (Å²) < 4.78 is 0. The minimum absolute atomic E-state index is 0.144. The Morgan fingerprint density at radius 3 is 2.75 bits per heavy atom. The van der Waals surface area contributed by atoms with Crippen LogP contribution >= 0.6 is 11.3 Å². The van der Waals surface area contributed by atoms with Crippen molar-refractivity contribution in [2.24, 2.45) is 10.9 Å². The van der Waals surface area contributed by atoms with E-state index in [2.05, 4.69) is 52.0 Å². The first-order valence-electron chi connectivity index (χ1n) is 10.7. The van der Waals surface area contributed by atoms with Gasteiger partial charge in [0.15, 0.2) is 5.96 Å². The molecular formula is C21H35N5OS. The summed E-state index contributed by atoms with van der Waals surface area (Å²) in [5.41, 5.74) is 0. The number of thiophene rings is 1. The van der Waals surface area contributed by atoms with E-state index in [1.54, 1.807) is 0 Å². The number of nitrogens with zero attached hydrogens (tertiary/aromatic N) is 3. The summed E-state index contributed by atoms with van der Waals surface area (Å²) in [6.07, 6.45) is 5.91. The molecule has 0 saturated carbocycles. The van der Waals surface area contributed by atoms with Gasteiger partial charge in [0.25, 0.3) is 0 Å². The van der Waals surface area contributed by atoms with Gasteiger partial charge in [-0.3, -0.25) is 9.69 Å². The molecule has 0 bridgehead atoms. The highest BCUT2D eigenvalue weighted by Gasteiger charge is 2.31. The summed E-state index contributed by atoms with van der Waals surface area (Å²) >= 11 is 1.85. The van der Waals surface area contributed by atoms with Crippen LogP contribution in [0.4, 0.5) is 0 Å². The number of aliphatic imine (C=N–C) groups is 1. The molecule has 1 amide bonds. The monoisotopic (exact) mass is 405 g/mol. The van der Waals surface area contributed by atoms with Gasteiger partial charge in [0.1, 0.15) is 6.54 Å². The third-order valence-electron chi connectivity index (χ3n) is 5.80. The molecule has 3 rings (SSSR count). The number of likely N-dealkylation sites (tertiary alicyclic amines) is 2.